The van der Waals surface area contributed by atoms with Crippen molar-refractivity contribution in [3.05, 3.63) is 53.0 Å². The van der Waals surface area contributed by atoms with Crippen molar-refractivity contribution in [2.75, 3.05) is 20.1 Å². The second-order valence-electron chi connectivity index (χ2n) is 6.68. The zero-order valence-electron chi connectivity index (χ0n) is 15.2. The molecule has 1 aromatic carbocycles. The Morgan fingerprint density at radius 1 is 1.32 bits per heavy atom. The third-order valence-corrected chi connectivity index (χ3v) is 4.65. The molecule has 0 saturated carbocycles. The molecule has 1 unspecified atom stereocenters. The van der Waals surface area contributed by atoms with Gasteiger partial charge in [-0.1, -0.05) is 17.7 Å². The zero-order chi connectivity index (χ0) is 17.8. The highest BCUT2D eigenvalue weighted by atomic mass is 16.5. The van der Waals surface area contributed by atoms with Gasteiger partial charge in [-0.25, -0.2) is 0 Å². The molecule has 5 nitrogen and oxygen atoms in total. The van der Waals surface area contributed by atoms with Crippen LogP contribution in [0.2, 0.25) is 0 Å². The van der Waals surface area contributed by atoms with Crippen LogP contribution < -0.4 is 10.1 Å². The van der Waals surface area contributed by atoms with Gasteiger partial charge in [0.25, 0.3) is 5.91 Å². The number of ether oxygens (including phenoxy) is 1. The van der Waals surface area contributed by atoms with Crippen molar-refractivity contribution < 1.29 is 13.9 Å². The summed E-state index contributed by atoms with van der Waals surface area (Å²) in [7, 11) is 1.91. The number of amides is 1. The summed E-state index contributed by atoms with van der Waals surface area (Å²) < 4.78 is 11.6. The van der Waals surface area contributed by atoms with Gasteiger partial charge >= 0.3 is 0 Å². The average Bonchev–Trinajstić information content (AvgIpc) is 3.23. The van der Waals surface area contributed by atoms with Gasteiger partial charge in [-0.2, -0.15) is 0 Å². The average molecular weight is 342 g/mol. The predicted molar refractivity (Wildman–Crippen MR) is 96.9 cm³/mol. The van der Waals surface area contributed by atoms with Crippen LogP contribution in [-0.4, -0.2) is 37.0 Å². The first-order chi connectivity index (χ1) is 12.1. The number of hydrogen-bond donors (Lipinski definition) is 1. The van der Waals surface area contributed by atoms with Gasteiger partial charge in [-0.3, -0.25) is 4.79 Å². The largest absolute Gasteiger partial charge is 0.485 e. The first-order valence-electron chi connectivity index (χ1n) is 8.83. The highest BCUT2D eigenvalue weighted by Gasteiger charge is 2.30. The fourth-order valence-corrected chi connectivity index (χ4v) is 3.37. The molecule has 0 aliphatic carbocycles. The molecule has 3 rings (SSSR count). The molecule has 1 fully saturated rings. The highest BCUT2D eigenvalue weighted by molar-refractivity contribution is 5.92. The summed E-state index contributed by atoms with van der Waals surface area (Å²) in [4.78, 5) is 14.6. The molecule has 5 heteroatoms. The minimum Gasteiger partial charge on any atom is -0.485 e. The van der Waals surface area contributed by atoms with Gasteiger partial charge in [0, 0.05) is 19.1 Å². The smallest absolute Gasteiger partial charge is 0.289 e. The van der Waals surface area contributed by atoms with Crippen LogP contribution in [0.3, 0.4) is 0 Å². The lowest BCUT2D eigenvalue weighted by atomic mass is 10.1. The Labute approximate surface area is 149 Å². The molecule has 1 amide bonds. The second-order valence-corrected chi connectivity index (χ2v) is 6.68. The van der Waals surface area contributed by atoms with E-state index in [4.69, 9.17) is 9.15 Å². The molecular formula is C20H26N2O3. The Bertz CT molecular complexity index is 738. The van der Waals surface area contributed by atoms with E-state index < -0.39 is 0 Å². The number of carbonyl (C=O) groups excluding carboxylic acids is 1. The quantitative estimate of drug-likeness (QED) is 0.875. The van der Waals surface area contributed by atoms with Crippen LogP contribution in [0.4, 0.5) is 0 Å². The van der Waals surface area contributed by atoms with Crippen LogP contribution in [0.15, 0.2) is 34.7 Å². The van der Waals surface area contributed by atoms with Gasteiger partial charge in [0.05, 0.1) is 0 Å². The molecule has 0 spiro atoms. The topological polar surface area (TPSA) is 54.7 Å². The number of likely N-dealkylation sites (N-methyl/N-ethyl adjacent to an activating group) is 1. The van der Waals surface area contributed by atoms with E-state index in [9.17, 15) is 4.79 Å². The lowest BCUT2D eigenvalue weighted by Crippen LogP contribution is -2.40. The normalized spacial score (nSPS) is 17.1. The van der Waals surface area contributed by atoms with Crippen LogP contribution in [0.1, 0.15) is 40.3 Å². The van der Waals surface area contributed by atoms with Gasteiger partial charge in [-0.15, -0.1) is 0 Å². The number of likely N-dealkylation sites (tertiary alicyclic amines) is 1. The van der Waals surface area contributed by atoms with Crippen molar-refractivity contribution >= 4 is 5.91 Å². The molecule has 1 aliphatic rings. The summed E-state index contributed by atoms with van der Waals surface area (Å²) in [6.07, 6.45) is 2.08. The van der Waals surface area contributed by atoms with Crippen molar-refractivity contribution in [2.24, 2.45) is 0 Å². The maximum absolute atomic E-state index is 12.7. The van der Waals surface area contributed by atoms with Crippen molar-refractivity contribution in [3.63, 3.8) is 0 Å². The van der Waals surface area contributed by atoms with Crippen molar-refractivity contribution in [3.8, 4) is 5.75 Å². The summed E-state index contributed by atoms with van der Waals surface area (Å²) in [6.45, 7) is 6.00. The lowest BCUT2D eigenvalue weighted by molar-refractivity contribution is 0.0700. The van der Waals surface area contributed by atoms with E-state index >= 15 is 0 Å². The molecule has 0 radical (unpaired) electrons. The Morgan fingerprint density at radius 2 is 2.16 bits per heavy atom. The third-order valence-electron chi connectivity index (χ3n) is 4.65. The Hall–Kier alpha value is -2.27. The number of rotatable bonds is 6. The maximum atomic E-state index is 12.7. The van der Waals surface area contributed by atoms with Crippen LogP contribution in [0.5, 0.6) is 5.75 Å². The molecule has 134 valence electrons. The number of aryl methyl sites for hydroxylation is 2. The molecular weight excluding hydrogens is 316 g/mol. The Balaban J connectivity index is 1.63. The lowest BCUT2D eigenvalue weighted by Gasteiger charge is -2.23. The second kappa shape index (κ2) is 7.74. The number of furan rings is 1. The first kappa shape index (κ1) is 17.5. The molecule has 2 heterocycles. The van der Waals surface area contributed by atoms with E-state index in [0.29, 0.717) is 18.1 Å². The maximum Gasteiger partial charge on any atom is 0.289 e. The molecule has 25 heavy (non-hydrogen) atoms. The van der Waals surface area contributed by atoms with Gasteiger partial charge in [0.15, 0.2) is 5.76 Å². The summed E-state index contributed by atoms with van der Waals surface area (Å²) >= 11 is 0. The Morgan fingerprint density at radius 3 is 2.92 bits per heavy atom. The van der Waals surface area contributed by atoms with E-state index in [-0.39, 0.29) is 11.9 Å². The number of hydrogen-bond acceptors (Lipinski definition) is 4. The summed E-state index contributed by atoms with van der Waals surface area (Å²) in [5.41, 5.74) is 2.30. The molecule has 0 bridgehead atoms. The standard InChI is InChI=1S/C20H26N2O3/c1-14-6-8-18(15(2)11-14)24-13-17-7-9-19(25-17)20(23)22-10-4-5-16(22)12-21-3/h6-9,11,16,21H,4-5,10,12-13H2,1-3H3. The van der Waals surface area contributed by atoms with E-state index in [1.807, 2.05) is 37.1 Å². The van der Waals surface area contributed by atoms with Gasteiger partial charge in [-0.05, 0) is 57.5 Å². The van der Waals surface area contributed by atoms with Crippen molar-refractivity contribution in [2.45, 2.75) is 39.3 Å². The van der Waals surface area contributed by atoms with Gasteiger partial charge in [0.2, 0.25) is 0 Å². The number of nitrogens with zero attached hydrogens (tertiary/aromatic N) is 1. The number of benzene rings is 1. The molecule has 2 aromatic rings. The Kier molecular flexibility index (Phi) is 5.43. The van der Waals surface area contributed by atoms with Crippen LogP contribution in [-0.2, 0) is 6.61 Å². The van der Waals surface area contributed by atoms with E-state index in [2.05, 4.69) is 18.3 Å². The number of carbonyl (C=O) groups is 1. The SMILES string of the molecule is CNCC1CCCN1C(=O)c1ccc(COc2ccc(C)cc2C)o1. The van der Waals surface area contributed by atoms with Crippen LogP contribution >= 0.6 is 0 Å². The van der Waals surface area contributed by atoms with Crippen LogP contribution in [0, 0.1) is 13.8 Å². The summed E-state index contributed by atoms with van der Waals surface area (Å²) in [5.74, 6) is 1.86. The van der Waals surface area contributed by atoms with Gasteiger partial charge < -0.3 is 19.4 Å². The van der Waals surface area contributed by atoms with Gasteiger partial charge in [0.1, 0.15) is 18.1 Å². The minimum atomic E-state index is -0.0319. The van der Waals surface area contributed by atoms with Crippen LogP contribution in [0.25, 0.3) is 0 Å². The highest BCUT2D eigenvalue weighted by Crippen LogP contribution is 2.23. The van der Waals surface area contributed by atoms with E-state index in [1.54, 1.807) is 6.07 Å². The van der Waals surface area contributed by atoms with E-state index in [0.717, 1.165) is 37.2 Å². The molecule has 1 aromatic heterocycles. The first-order valence-corrected chi connectivity index (χ1v) is 8.83. The molecule has 1 aliphatic heterocycles. The minimum absolute atomic E-state index is 0.0319. The molecule has 1 N–H and O–H groups in total. The monoisotopic (exact) mass is 342 g/mol. The van der Waals surface area contributed by atoms with Crippen molar-refractivity contribution in [1.82, 2.24) is 10.2 Å². The predicted octanol–water partition coefficient (Wildman–Crippen LogP) is 3.30. The fraction of sp³-hybridized carbons (Fsp3) is 0.450. The third kappa shape index (κ3) is 4.04. The van der Waals surface area contributed by atoms with E-state index in [1.165, 1.54) is 5.56 Å². The summed E-state index contributed by atoms with van der Waals surface area (Å²) in [5, 5.41) is 3.15. The summed E-state index contributed by atoms with van der Waals surface area (Å²) in [6, 6.07) is 9.89. The molecule has 1 atom stereocenters. The fourth-order valence-electron chi connectivity index (χ4n) is 3.37. The molecule has 1 saturated heterocycles. The number of nitrogens with one attached hydrogen (secondary N) is 1. The van der Waals surface area contributed by atoms with Crippen molar-refractivity contribution in [1.29, 1.82) is 0 Å². The zero-order valence-corrected chi connectivity index (χ0v) is 15.2.